The van der Waals surface area contributed by atoms with Crippen molar-refractivity contribution in [3.63, 3.8) is 0 Å². The molecule has 104 valence electrons. The second kappa shape index (κ2) is 5.21. The van der Waals surface area contributed by atoms with Gasteiger partial charge in [-0.25, -0.2) is 0 Å². The summed E-state index contributed by atoms with van der Waals surface area (Å²) in [6.45, 7) is 5.27. The van der Waals surface area contributed by atoms with Gasteiger partial charge in [0.25, 0.3) is 0 Å². The molecule has 0 aromatic carbocycles. The van der Waals surface area contributed by atoms with Crippen molar-refractivity contribution in [2.75, 3.05) is 55.7 Å². The maximum absolute atomic E-state index is 5.86. The number of hydrogen-bond donors (Lipinski definition) is 2. The summed E-state index contributed by atoms with van der Waals surface area (Å²) in [6.07, 6.45) is 3.36. The molecule has 0 bridgehead atoms. The lowest BCUT2D eigenvalue weighted by Crippen LogP contribution is -2.31. The van der Waals surface area contributed by atoms with Crippen LogP contribution < -0.4 is 16.0 Å². The predicted octanol–water partition coefficient (Wildman–Crippen LogP) is 0.559. The molecular formula is C13H22N6. The van der Waals surface area contributed by atoms with Gasteiger partial charge in [0.05, 0.1) is 0 Å². The molecule has 1 saturated heterocycles. The van der Waals surface area contributed by atoms with Gasteiger partial charge < -0.3 is 20.9 Å². The van der Waals surface area contributed by atoms with Crippen LogP contribution in [-0.2, 0) is 6.42 Å². The first-order valence-electron chi connectivity index (χ1n) is 7.08. The highest BCUT2D eigenvalue weighted by atomic mass is 15.3. The molecule has 0 spiro atoms. The number of anilines is 3. The molecule has 6 nitrogen and oxygen atoms in total. The maximum atomic E-state index is 5.86. The van der Waals surface area contributed by atoms with Crippen molar-refractivity contribution in [1.82, 2.24) is 14.9 Å². The number of nitrogens with two attached hydrogens (primary N) is 1. The molecule has 0 radical (unpaired) electrons. The smallest absolute Gasteiger partial charge is 0.223 e. The largest absolute Gasteiger partial charge is 0.370 e. The number of fused-ring (bicyclic) bond motifs is 1. The lowest BCUT2D eigenvalue weighted by molar-refractivity contribution is 0.360. The number of nitrogen functional groups attached to an aromatic ring is 1. The van der Waals surface area contributed by atoms with Gasteiger partial charge >= 0.3 is 0 Å². The van der Waals surface area contributed by atoms with Gasteiger partial charge in [-0.05, 0) is 32.9 Å². The standard InChI is InChI=1S/C13H22N6/c1-18-6-3-7-19(9-8-18)12-10-4-2-5-15-11(10)16-13(14)17-12/h2-9H2,1H3,(H3,14,15,16,17). The van der Waals surface area contributed by atoms with E-state index in [2.05, 4.69) is 32.1 Å². The van der Waals surface area contributed by atoms with Gasteiger partial charge in [-0.1, -0.05) is 0 Å². The summed E-state index contributed by atoms with van der Waals surface area (Å²) in [5.41, 5.74) is 7.10. The molecule has 0 atom stereocenters. The molecule has 0 saturated carbocycles. The molecule has 3 heterocycles. The third kappa shape index (κ3) is 2.58. The summed E-state index contributed by atoms with van der Waals surface area (Å²) >= 11 is 0. The fourth-order valence-electron chi connectivity index (χ4n) is 2.86. The zero-order chi connectivity index (χ0) is 13.2. The van der Waals surface area contributed by atoms with Crippen molar-refractivity contribution in [2.24, 2.45) is 0 Å². The first-order valence-corrected chi connectivity index (χ1v) is 7.08. The molecule has 1 aromatic rings. The van der Waals surface area contributed by atoms with Crippen molar-refractivity contribution in [2.45, 2.75) is 19.3 Å². The average molecular weight is 262 g/mol. The molecule has 1 fully saturated rings. The second-order valence-electron chi connectivity index (χ2n) is 5.41. The molecule has 3 rings (SSSR count). The molecule has 3 N–H and O–H groups in total. The summed E-state index contributed by atoms with van der Waals surface area (Å²) in [6, 6.07) is 0. The number of aromatic nitrogens is 2. The minimum Gasteiger partial charge on any atom is -0.370 e. The summed E-state index contributed by atoms with van der Waals surface area (Å²) < 4.78 is 0. The Morgan fingerprint density at radius 3 is 2.89 bits per heavy atom. The fourth-order valence-corrected chi connectivity index (χ4v) is 2.86. The molecule has 0 unspecified atom stereocenters. The van der Waals surface area contributed by atoms with Gasteiger partial charge in [0.1, 0.15) is 11.6 Å². The van der Waals surface area contributed by atoms with Gasteiger partial charge in [-0.3, -0.25) is 0 Å². The van der Waals surface area contributed by atoms with Crippen LogP contribution in [0.1, 0.15) is 18.4 Å². The third-order valence-corrected chi connectivity index (χ3v) is 3.92. The highest BCUT2D eigenvalue weighted by molar-refractivity contribution is 5.62. The predicted molar refractivity (Wildman–Crippen MR) is 77.6 cm³/mol. The van der Waals surface area contributed by atoms with E-state index < -0.39 is 0 Å². The van der Waals surface area contributed by atoms with Crippen molar-refractivity contribution >= 4 is 17.6 Å². The van der Waals surface area contributed by atoms with Gasteiger partial charge in [0.15, 0.2) is 0 Å². The molecule has 0 amide bonds. The van der Waals surface area contributed by atoms with Crippen LogP contribution in [0.2, 0.25) is 0 Å². The van der Waals surface area contributed by atoms with E-state index in [1.807, 2.05) is 0 Å². The van der Waals surface area contributed by atoms with Gasteiger partial charge in [-0.2, -0.15) is 9.97 Å². The molecular weight excluding hydrogens is 240 g/mol. The third-order valence-electron chi connectivity index (χ3n) is 3.92. The van der Waals surface area contributed by atoms with Crippen LogP contribution in [0.4, 0.5) is 17.6 Å². The van der Waals surface area contributed by atoms with E-state index in [9.17, 15) is 0 Å². The number of nitrogens with one attached hydrogen (secondary N) is 1. The van der Waals surface area contributed by atoms with E-state index in [4.69, 9.17) is 5.73 Å². The van der Waals surface area contributed by atoms with Crippen LogP contribution in [0.5, 0.6) is 0 Å². The van der Waals surface area contributed by atoms with E-state index in [0.29, 0.717) is 5.95 Å². The van der Waals surface area contributed by atoms with Gasteiger partial charge in [0, 0.05) is 31.7 Å². The summed E-state index contributed by atoms with van der Waals surface area (Å²) in [5.74, 6) is 2.36. The van der Waals surface area contributed by atoms with Crippen LogP contribution >= 0.6 is 0 Å². The van der Waals surface area contributed by atoms with Crippen LogP contribution in [0.3, 0.4) is 0 Å². The van der Waals surface area contributed by atoms with Crippen molar-refractivity contribution < 1.29 is 0 Å². The number of likely N-dealkylation sites (N-methyl/N-ethyl adjacent to an activating group) is 1. The van der Waals surface area contributed by atoms with Gasteiger partial charge in [-0.15, -0.1) is 0 Å². The van der Waals surface area contributed by atoms with E-state index in [1.54, 1.807) is 0 Å². The Labute approximate surface area is 114 Å². The fraction of sp³-hybridized carbons (Fsp3) is 0.692. The lowest BCUT2D eigenvalue weighted by Gasteiger charge is -2.27. The molecule has 6 heteroatoms. The SMILES string of the molecule is CN1CCCN(c2nc(N)nc3c2CCCN3)CC1. The Hall–Kier alpha value is -1.56. The van der Waals surface area contributed by atoms with Crippen LogP contribution in [0, 0.1) is 0 Å². The average Bonchev–Trinajstić information content (AvgIpc) is 2.62. The van der Waals surface area contributed by atoms with Crippen LogP contribution in [-0.4, -0.2) is 54.6 Å². The Kier molecular flexibility index (Phi) is 3.42. The zero-order valence-corrected chi connectivity index (χ0v) is 11.5. The Balaban J connectivity index is 1.92. The molecule has 0 aliphatic carbocycles. The maximum Gasteiger partial charge on any atom is 0.223 e. The lowest BCUT2D eigenvalue weighted by atomic mass is 10.1. The van der Waals surface area contributed by atoms with Gasteiger partial charge in [0.2, 0.25) is 5.95 Å². The van der Waals surface area contributed by atoms with E-state index in [1.165, 1.54) is 12.0 Å². The second-order valence-corrected chi connectivity index (χ2v) is 5.41. The molecule has 2 aliphatic rings. The van der Waals surface area contributed by atoms with Crippen molar-refractivity contribution in [1.29, 1.82) is 0 Å². The number of nitrogens with zero attached hydrogens (tertiary/aromatic N) is 4. The van der Waals surface area contributed by atoms with Crippen molar-refractivity contribution in [3.8, 4) is 0 Å². The summed E-state index contributed by atoms with van der Waals surface area (Å²) in [5, 5.41) is 3.34. The number of hydrogen-bond acceptors (Lipinski definition) is 6. The van der Waals surface area contributed by atoms with Crippen molar-refractivity contribution in [3.05, 3.63) is 5.56 Å². The van der Waals surface area contributed by atoms with Crippen LogP contribution in [0.15, 0.2) is 0 Å². The van der Waals surface area contributed by atoms with Crippen LogP contribution in [0.25, 0.3) is 0 Å². The Morgan fingerprint density at radius 1 is 1.11 bits per heavy atom. The van der Waals surface area contributed by atoms with E-state index in [-0.39, 0.29) is 0 Å². The molecule has 19 heavy (non-hydrogen) atoms. The minimum atomic E-state index is 0.376. The number of rotatable bonds is 1. The van der Waals surface area contributed by atoms with E-state index >= 15 is 0 Å². The van der Waals surface area contributed by atoms with E-state index in [0.717, 1.165) is 57.2 Å². The zero-order valence-electron chi connectivity index (χ0n) is 11.5. The first-order chi connectivity index (χ1) is 9.24. The first kappa shape index (κ1) is 12.5. The molecule has 2 aliphatic heterocycles. The quantitative estimate of drug-likeness (QED) is 0.770. The molecule has 1 aromatic heterocycles. The highest BCUT2D eigenvalue weighted by Gasteiger charge is 2.22. The normalized spacial score (nSPS) is 20.6. The Bertz CT molecular complexity index is 461. The Morgan fingerprint density at radius 2 is 2.00 bits per heavy atom. The topological polar surface area (TPSA) is 70.3 Å². The summed E-state index contributed by atoms with van der Waals surface area (Å²) in [4.78, 5) is 13.6. The highest BCUT2D eigenvalue weighted by Crippen LogP contribution is 2.29. The monoisotopic (exact) mass is 262 g/mol. The summed E-state index contributed by atoms with van der Waals surface area (Å²) in [7, 11) is 2.18. The minimum absolute atomic E-state index is 0.376.